The van der Waals surface area contributed by atoms with Crippen LogP contribution in [0.2, 0.25) is 0 Å². The average molecular weight is 547 g/mol. The third kappa shape index (κ3) is 9.49. The van der Waals surface area contributed by atoms with Crippen molar-refractivity contribution < 1.29 is 59.5 Å². The molecular formula is C26H42O12. The van der Waals surface area contributed by atoms with E-state index in [1.807, 2.05) is 24.3 Å². The first kappa shape index (κ1) is 32.5. The van der Waals surface area contributed by atoms with Crippen LogP contribution in [0.4, 0.5) is 0 Å². The number of rotatable bonds is 14. The zero-order valence-electron chi connectivity index (χ0n) is 21.7. The molecule has 0 bridgehead atoms. The van der Waals surface area contributed by atoms with Crippen LogP contribution in [0.25, 0.3) is 0 Å². The van der Waals surface area contributed by atoms with E-state index in [0.717, 1.165) is 12.8 Å². The number of carbonyl (C=O) groups is 1. The first-order valence-electron chi connectivity index (χ1n) is 12.9. The minimum absolute atomic E-state index is 0.201. The number of aliphatic hydroxyl groups excluding tert-OH is 7. The second kappa shape index (κ2) is 16.4. The van der Waals surface area contributed by atoms with E-state index >= 15 is 0 Å². The molecule has 7 N–H and O–H groups in total. The van der Waals surface area contributed by atoms with E-state index in [-0.39, 0.29) is 12.8 Å². The molecule has 0 aromatic carbocycles. The largest absolute Gasteiger partial charge is 0.433 e. The van der Waals surface area contributed by atoms with E-state index < -0.39 is 80.1 Å². The van der Waals surface area contributed by atoms with Crippen LogP contribution in [-0.2, 0) is 23.7 Å². The molecule has 2 fully saturated rings. The highest BCUT2D eigenvalue weighted by Crippen LogP contribution is 2.31. The molecule has 0 radical (unpaired) electrons. The van der Waals surface area contributed by atoms with Gasteiger partial charge in [-0.05, 0) is 26.2 Å². The van der Waals surface area contributed by atoms with Crippen LogP contribution in [0, 0.1) is 0 Å². The zero-order chi connectivity index (χ0) is 28.2. The third-order valence-corrected chi connectivity index (χ3v) is 6.23. The van der Waals surface area contributed by atoms with Crippen LogP contribution in [0.5, 0.6) is 0 Å². The Morgan fingerprint density at radius 1 is 0.921 bits per heavy atom. The van der Waals surface area contributed by atoms with E-state index in [4.69, 9.17) is 24.1 Å². The maximum atomic E-state index is 12.5. The monoisotopic (exact) mass is 546 g/mol. The first-order chi connectivity index (χ1) is 18.1. The number of unbranched alkanes of at least 4 members (excludes halogenated alkanes) is 1. The number of allylic oxidation sites excluding steroid dienone is 5. The van der Waals surface area contributed by atoms with Crippen molar-refractivity contribution in [2.45, 2.75) is 113 Å². The van der Waals surface area contributed by atoms with Crippen LogP contribution >= 0.6 is 0 Å². The van der Waals surface area contributed by atoms with Crippen LogP contribution in [0.1, 0.15) is 46.0 Å². The van der Waals surface area contributed by atoms with Gasteiger partial charge in [0.05, 0.1) is 25.2 Å². The highest BCUT2D eigenvalue weighted by Gasteiger charge is 2.52. The quantitative estimate of drug-likeness (QED) is 0.0814. The molecule has 2 aliphatic rings. The van der Waals surface area contributed by atoms with Crippen molar-refractivity contribution in [2.75, 3.05) is 6.61 Å². The number of carbonyl (C=O) groups excluding carboxylic acids is 1. The smallest absolute Gasteiger partial charge is 0.310 e. The SMILES string of the molecule is CCC/C=C/C=C/C/C=C/C[C@@H](O)CC(=O)O[C@@H]1O[C@@H](C)[C@H](O)[C@@H](O)[C@H]1O[C@H]1O[C@@H]([C@H](O)CO)[C@H](O)[C@H]1O. The Hall–Kier alpha value is -1.71. The first-order valence-corrected chi connectivity index (χ1v) is 12.9. The summed E-state index contributed by atoms with van der Waals surface area (Å²) in [7, 11) is 0. The Kier molecular flexibility index (Phi) is 14.0. The highest BCUT2D eigenvalue weighted by atomic mass is 16.8. The van der Waals surface area contributed by atoms with Crippen molar-refractivity contribution in [2.24, 2.45) is 0 Å². The van der Waals surface area contributed by atoms with Gasteiger partial charge in [-0.3, -0.25) is 4.79 Å². The minimum Gasteiger partial charge on any atom is -0.433 e. The van der Waals surface area contributed by atoms with Gasteiger partial charge in [-0.15, -0.1) is 0 Å². The van der Waals surface area contributed by atoms with Crippen molar-refractivity contribution >= 4 is 5.97 Å². The Labute approximate surface area is 222 Å². The highest BCUT2D eigenvalue weighted by molar-refractivity contribution is 5.70. The summed E-state index contributed by atoms with van der Waals surface area (Å²) in [5.41, 5.74) is 0. The molecule has 0 saturated carbocycles. The predicted molar refractivity (Wildman–Crippen MR) is 133 cm³/mol. The summed E-state index contributed by atoms with van der Waals surface area (Å²) in [6.07, 6.45) is -1.83. The molecule has 0 aromatic rings. The van der Waals surface area contributed by atoms with Crippen LogP contribution in [0.15, 0.2) is 36.5 Å². The average Bonchev–Trinajstić information content (AvgIpc) is 3.16. The Balaban J connectivity index is 1.92. The van der Waals surface area contributed by atoms with Crippen molar-refractivity contribution in [3.05, 3.63) is 36.5 Å². The van der Waals surface area contributed by atoms with Gasteiger partial charge in [0, 0.05) is 0 Å². The summed E-state index contributed by atoms with van der Waals surface area (Å²) in [5.74, 6) is -0.859. The van der Waals surface area contributed by atoms with Gasteiger partial charge in [0.2, 0.25) is 6.29 Å². The molecule has 2 rings (SSSR count). The maximum Gasteiger partial charge on any atom is 0.310 e. The second-order valence-electron chi connectivity index (χ2n) is 9.43. The molecule has 0 unspecified atom stereocenters. The standard InChI is InChI=1S/C26H42O12/c1-3-4-5-6-7-8-9-10-11-12-16(28)13-18(30)36-26-24(20(32)19(31)15(2)35-26)38-25-22(34)21(33)23(37-25)17(29)14-27/h5-8,10-11,15-17,19-29,31-34H,3-4,9,12-14H2,1-2H3/b6-5+,8-7+,11-10+/t15-,16+,17+,19-,20+,21+,22+,23-,24+,25+,26-/m0/s1. The minimum atomic E-state index is -1.68. The fourth-order valence-corrected chi connectivity index (χ4v) is 3.98. The van der Waals surface area contributed by atoms with E-state index in [0.29, 0.717) is 6.42 Å². The molecule has 0 spiro atoms. The van der Waals surface area contributed by atoms with E-state index in [2.05, 4.69) is 13.0 Å². The van der Waals surface area contributed by atoms with Crippen molar-refractivity contribution in [3.63, 3.8) is 0 Å². The molecule has 12 nitrogen and oxygen atoms in total. The summed E-state index contributed by atoms with van der Waals surface area (Å²) in [6.45, 7) is 2.79. The maximum absolute atomic E-state index is 12.5. The lowest BCUT2D eigenvalue weighted by molar-refractivity contribution is -0.326. The molecule has 2 heterocycles. The van der Waals surface area contributed by atoms with Gasteiger partial charge in [0.15, 0.2) is 12.4 Å². The molecule has 0 aliphatic carbocycles. The van der Waals surface area contributed by atoms with Gasteiger partial charge >= 0.3 is 5.97 Å². The molecule has 0 amide bonds. The summed E-state index contributed by atoms with van der Waals surface area (Å²) >= 11 is 0. The molecule has 218 valence electrons. The molecule has 11 atom stereocenters. The molecule has 38 heavy (non-hydrogen) atoms. The van der Waals surface area contributed by atoms with Gasteiger partial charge < -0.3 is 54.7 Å². The van der Waals surface area contributed by atoms with Crippen molar-refractivity contribution in [1.29, 1.82) is 0 Å². The molecule has 2 saturated heterocycles. The van der Waals surface area contributed by atoms with E-state index in [9.17, 15) is 35.4 Å². The molecule has 12 heteroatoms. The zero-order valence-corrected chi connectivity index (χ0v) is 21.7. The van der Waals surface area contributed by atoms with Crippen LogP contribution < -0.4 is 0 Å². The lowest BCUT2D eigenvalue weighted by atomic mass is 9.99. The predicted octanol–water partition coefficient (Wildman–Crippen LogP) is -0.819. The Bertz CT molecular complexity index is 786. The second-order valence-corrected chi connectivity index (χ2v) is 9.43. The third-order valence-electron chi connectivity index (χ3n) is 6.23. The van der Waals surface area contributed by atoms with E-state index in [1.54, 1.807) is 6.08 Å². The summed E-state index contributed by atoms with van der Waals surface area (Å²) in [6, 6.07) is 0. The summed E-state index contributed by atoms with van der Waals surface area (Å²) in [4.78, 5) is 12.5. The fourth-order valence-electron chi connectivity index (χ4n) is 3.98. The number of aliphatic hydroxyl groups is 7. The number of ether oxygens (including phenoxy) is 4. The number of hydrogen-bond donors (Lipinski definition) is 7. The lowest BCUT2D eigenvalue weighted by Gasteiger charge is -2.41. The number of esters is 1. The Morgan fingerprint density at radius 3 is 2.32 bits per heavy atom. The fraction of sp³-hybridized carbons (Fsp3) is 0.731. The summed E-state index contributed by atoms with van der Waals surface area (Å²) in [5, 5.41) is 70.2. The van der Waals surface area contributed by atoms with E-state index in [1.165, 1.54) is 6.92 Å². The molecule has 2 aliphatic heterocycles. The summed E-state index contributed by atoms with van der Waals surface area (Å²) < 4.78 is 21.6. The van der Waals surface area contributed by atoms with Crippen molar-refractivity contribution in [3.8, 4) is 0 Å². The normalized spacial score (nSPS) is 35.9. The van der Waals surface area contributed by atoms with Gasteiger partial charge in [-0.25, -0.2) is 0 Å². The molecular weight excluding hydrogens is 504 g/mol. The van der Waals surface area contributed by atoms with Gasteiger partial charge in [-0.2, -0.15) is 0 Å². The topological polar surface area (TPSA) is 196 Å². The van der Waals surface area contributed by atoms with Crippen molar-refractivity contribution in [1.82, 2.24) is 0 Å². The number of hydrogen-bond acceptors (Lipinski definition) is 12. The lowest BCUT2D eigenvalue weighted by Crippen LogP contribution is -2.60. The molecule has 0 aromatic heterocycles. The van der Waals surface area contributed by atoms with Gasteiger partial charge in [0.25, 0.3) is 0 Å². The van der Waals surface area contributed by atoms with Crippen LogP contribution in [-0.4, -0.2) is 116 Å². The Morgan fingerprint density at radius 2 is 1.63 bits per heavy atom. The van der Waals surface area contributed by atoms with Crippen LogP contribution in [0.3, 0.4) is 0 Å². The van der Waals surface area contributed by atoms with Gasteiger partial charge in [0.1, 0.15) is 36.6 Å². The van der Waals surface area contributed by atoms with Gasteiger partial charge in [-0.1, -0.05) is 49.8 Å².